The molecule has 20 heavy (non-hydrogen) atoms. The third-order valence-corrected chi connectivity index (χ3v) is 4.60. The zero-order valence-electron chi connectivity index (χ0n) is 13.9. The molecule has 3 heteroatoms. The lowest BCUT2D eigenvalue weighted by Crippen LogP contribution is -2.54. The highest BCUT2D eigenvalue weighted by Crippen LogP contribution is 2.31. The summed E-state index contributed by atoms with van der Waals surface area (Å²) >= 11 is 0. The van der Waals surface area contributed by atoms with Gasteiger partial charge < -0.3 is 14.8 Å². The Hall–Kier alpha value is -0.120. The van der Waals surface area contributed by atoms with Crippen molar-refractivity contribution in [2.45, 2.75) is 83.3 Å². The van der Waals surface area contributed by atoms with Crippen molar-refractivity contribution in [1.82, 2.24) is 5.32 Å². The van der Waals surface area contributed by atoms with Crippen LogP contribution < -0.4 is 5.32 Å². The quantitative estimate of drug-likeness (QED) is 0.584. The number of unbranched alkanes of at least 4 members (excludes halogenated alkanes) is 5. The number of nitrogens with one attached hydrogen (secondary N) is 1. The maximum atomic E-state index is 6.18. The molecule has 0 aliphatic carbocycles. The lowest BCUT2D eigenvalue weighted by Gasteiger charge is -2.43. The number of likely N-dealkylation sites (N-methyl/N-ethyl adjacent to an activating group) is 1. The van der Waals surface area contributed by atoms with E-state index >= 15 is 0 Å². The Morgan fingerprint density at radius 1 is 1.05 bits per heavy atom. The van der Waals surface area contributed by atoms with E-state index in [2.05, 4.69) is 26.2 Å². The third kappa shape index (κ3) is 5.71. The van der Waals surface area contributed by atoms with Crippen LogP contribution in [0, 0.1) is 0 Å². The highest BCUT2D eigenvalue weighted by Gasteiger charge is 2.39. The van der Waals surface area contributed by atoms with Gasteiger partial charge in [-0.05, 0) is 20.4 Å². The zero-order chi connectivity index (χ0) is 14.7. The third-order valence-electron chi connectivity index (χ3n) is 4.60. The molecule has 1 atom stereocenters. The molecule has 0 saturated carbocycles. The molecular weight excluding hydrogens is 250 g/mol. The van der Waals surface area contributed by atoms with Crippen LogP contribution >= 0.6 is 0 Å². The summed E-state index contributed by atoms with van der Waals surface area (Å²) in [5.74, 6) is 0. The van der Waals surface area contributed by atoms with Crippen molar-refractivity contribution in [2.24, 2.45) is 0 Å². The first-order valence-corrected chi connectivity index (χ1v) is 8.68. The topological polar surface area (TPSA) is 30.5 Å². The maximum Gasteiger partial charge on any atom is 0.0878 e. The van der Waals surface area contributed by atoms with Gasteiger partial charge in [-0.2, -0.15) is 0 Å². The normalized spacial score (nSPS) is 19.9. The van der Waals surface area contributed by atoms with Gasteiger partial charge in [0.15, 0.2) is 0 Å². The molecule has 1 saturated heterocycles. The zero-order valence-corrected chi connectivity index (χ0v) is 13.9. The predicted octanol–water partition coefficient (Wildman–Crippen LogP) is 3.91. The van der Waals surface area contributed by atoms with E-state index in [1.807, 2.05) is 0 Å². The number of rotatable bonds is 11. The molecule has 1 heterocycles. The summed E-state index contributed by atoms with van der Waals surface area (Å²) in [4.78, 5) is 0. The van der Waals surface area contributed by atoms with Crippen LogP contribution in [0.2, 0.25) is 0 Å². The van der Waals surface area contributed by atoms with Crippen molar-refractivity contribution in [3.05, 3.63) is 0 Å². The molecule has 1 fully saturated rings. The minimum absolute atomic E-state index is 0.00513. The number of hydrogen-bond acceptors (Lipinski definition) is 3. The van der Waals surface area contributed by atoms with Crippen molar-refractivity contribution in [2.75, 3.05) is 26.9 Å². The van der Waals surface area contributed by atoms with E-state index < -0.39 is 0 Å². The fourth-order valence-corrected chi connectivity index (χ4v) is 3.40. The van der Waals surface area contributed by atoms with Gasteiger partial charge in [0.05, 0.1) is 5.60 Å². The average molecular weight is 285 g/mol. The van der Waals surface area contributed by atoms with Gasteiger partial charge in [0, 0.05) is 38.7 Å². The summed E-state index contributed by atoms with van der Waals surface area (Å²) in [6.07, 6.45) is 11.4. The highest BCUT2D eigenvalue weighted by molar-refractivity contribution is 4.94. The minimum atomic E-state index is 0.00513. The summed E-state index contributed by atoms with van der Waals surface area (Å²) in [7, 11) is 2.08. The van der Waals surface area contributed by atoms with Crippen LogP contribution in [0.5, 0.6) is 0 Å². The molecule has 1 unspecified atom stereocenters. The molecule has 1 aliphatic rings. The molecule has 1 rings (SSSR count). The lowest BCUT2D eigenvalue weighted by atomic mass is 9.83. The van der Waals surface area contributed by atoms with E-state index in [4.69, 9.17) is 9.47 Å². The molecule has 0 aromatic rings. The summed E-state index contributed by atoms with van der Waals surface area (Å²) in [6.45, 7) is 6.86. The van der Waals surface area contributed by atoms with Crippen LogP contribution in [0.15, 0.2) is 0 Å². The molecule has 3 nitrogen and oxygen atoms in total. The summed E-state index contributed by atoms with van der Waals surface area (Å²) in [6, 6.07) is 0.470. The smallest absolute Gasteiger partial charge is 0.0878 e. The molecule has 0 bridgehead atoms. The van der Waals surface area contributed by atoms with Gasteiger partial charge in [-0.1, -0.05) is 45.4 Å². The Balaban J connectivity index is 2.37. The molecule has 1 N–H and O–H groups in total. The first kappa shape index (κ1) is 17.9. The van der Waals surface area contributed by atoms with Crippen LogP contribution in [-0.2, 0) is 9.47 Å². The van der Waals surface area contributed by atoms with E-state index in [-0.39, 0.29) is 5.60 Å². The van der Waals surface area contributed by atoms with Gasteiger partial charge in [-0.25, -0.2) is 0 Å². The summed E-state index contributed by atoms with van der Waals surface area (Å²) in [5.41, 5.74) is 0.00513. The predicted molar refractivity (Wildman–Crippen MR) is 85.3 cm³/mol. The largest absolute Gasteiger partial charge is 0.381 e. The Morgan fingerprint density at radius 2 is 1.70 bits per heavy atom. The first-order chi connectivity index (χ1) is 9.79. The second kappa shape index (κ2) is 10.6. The van der Waals surface area contributed by atoms with E-state index in [1.165, 1.54) is 44.9 Å². The van der Waals surface area contributed by atoms with E-state index in [9.17, 15) is 0 Å². The molecule has 1 aliphatic heterocycles. The Morgan fingerprint density at radius 3 is 2.30 bits per heavy atom. The SMILES string of the molecule is CCCCCCCCC(NC)C1(OCC)CCOCC1. The van der Waals surface area contributed by atoms with Crippen LogP contribution in [0.3, 0.4) is 0 Å². The Labute approximate surface area is 125 Å². The van der Waals surface area contributed by atoms with Crippen molar-refractivity contribution in [3.63, 3.8) is 0 Å². The van der Waals surface area contributed by atoms with Gasteiger partial charge in [-0.15, -0.1) is 0 Å². The second-order valence-electron chi connectivity index (χ2n) is 6.01. The van der Waals surface area contributed by atoms with Gasteiger partial charge in [0.25, 0.3) is 0 Å². The van der Waals surface area contributed by atoms with Gasteiger partial charge in [-0.3, -0.25) is 0 Å². The van der Waals surface area contributed by atoms with Crippen molar-refractivity contribution in [1.29, 1.82) is 0 Å². The maximum absolute atomic E-state index is 6.18. The van der Waals surface area contributed by atoms with Crippen LogP contribution in [0.25, 0.3) is 0 Å². The van der Waals surface area contributed by atoms with Gasteiger partial charge >= 0.3 is 0 Å². The highest BCUT2D eigenvalue weighted by atomic mass is 16.5. The standard InChI is InChI=1S/C17H35NO2/c1-4-6-7-8-9-10-11-16(18-3)17(20-5-2)12-14-19-15-13-17/h16,18H,4-15H2,1-3H3. The molecule has 120 valence electrons. The van der Waals surface area contributed by atoms with Crippen LogP contribution in [0.1, 0.15) is 71.6 Å². The van der Waals surface area contributed by atoms with Crippen molar-refractivity contribution in [3.8, 4) is 0 Å². The van der Waals surface area contributed by atoms with Gasteiger partial charge in [0.1, 0.15) is 0 Å². The molecular formula is C17H35NO2. The van der Waals surface area contributed by atoms with Crippen molar-refractivity contribution < 1.29 is 9.47 Å². The fourth-order valence-electron chi connectivity index (χ4n) is 3.40. The molecule has 0 aromatic heterocycles. The Kier molecular flexibility index (Phi) is 9.49. The fraction of sp³-hybridized carbons (Fsp3) is 1.00. The average Bonchev–Trinajstić information content (AvgIpc) is 2.48. The van der Waals surface area contributed by atoms with E-state index in [0.29, 0.717) is 6.04 Å². The van der Waals surface area contributed by atoms with Gasteiger partial charge in [0.2, 0.25) is 0 Å². The summed E-state index contributed by atoms with van der Waals surface area (Å²) < 4.78 is 11.7. The molecule has 0 spiro atoms. The minimum Gasteiger partial charge on any atom is -0.381 e. The number of ether oxygens (including phenoxy) is 2. The first-order valence-electron chi connectivity index (χ1n) is 8.68. The molecule has 0 aromatic carbocycles. The van der Waals surface area contributed by atoms with Crippen LogP contribution in [-0.4, -0.2) is 38.5 Å². The van der Waals surface area contributed by atoms with Crippen LogP contribution in [0.4, 0.5) is 0 Å². The monoisotopic (exact) mass is 285 g/mol. The molecule has 0 amide bonds. The lowest BCUT2D eigenvalue weighted by molar-refractivity contribution is -0.127. The van der Waals surface area contributed by atoms with E-state index in [1.54, 1.807) is 0 Å². The molecule has 0 radical (unpaired) electrons. The number of hydrogen-bond donors (Lipinski definition) is 1. The van der Waals surface area contributed by atoms with E-state index in [0.717, 1.165) is 32.7 Å². The second-order valence-corrected chi connectivity index (χ2v) is 6.01. The summed E-state index contributed by atoms with van der Waals surface area (Å²) in [5, 5.41) is 3.52. The Bertz CT molecular complexity index is 222. The van der Waals surface area contributed by atoms with Crippen molar-refractivity contribution >= 4 is 0 Å².